The molecule has 1 aliphatic carbocycles. The Morgan fingerprint density at radius 2 is 2.26 bits per heavy atom. The van der Waals surface area contributed by atoms with Crippen molar-refractivity contribution in [1.82, 2.24) is 4.57 Å². The fourth-order valence-corrected chi connectivity index (χ4v) is 4.39. The standard InChI is InChI=1S/C19H20N2OS/c1-13-8-9-17-15(11-13)14-5-2-3-6-16(14)21(17)19(22)12-23-18-7-4-10-20-18/h2-6,10,13H,7-9,11-12H2,1H3. The molecule has 1 unspecified atom stereocenters. The van der Waals surface area contributed by atoms with Crippen LogP contribution in [0.15, 0.2) is 41.5 Å². The van der Waals surface area contributed by atoms with E-state index in [0.717, 1.165) is 29.8 Å². The summed E-state index contributed by atoms with van der Waals surface area (Å²) in [6, 6.07) is 8.34. The fraction of sp³-hybridized carbons (Fsp3) is 0.368. The smallest absolute Gasteiger partial charge is 0.241 e. The number of fused-ring (bicyclic) bond motifs is 3. The Morgan fingerprint density at radius 3 is 3.09 bits per heavy atom. The van der Waals surface area contributed by atoms with Crippen LogP contribution >= 0.6 is 11.8 Å². The maximum absolute atomic E-state index is 12.9. The summed E-state index contributed by atoms with van der Waals surface area (Å²) in [5.41, 5.74) is 3.70. The Bertz CT molecular complexity index is 831. The van der Waals surface area contributed by atoms with Crippen LogP contribution in [0.2, 0.25) is 0 Å². The Kier molecular flexibility index (Phi) is 3.85. The summed E-state index contributed by atoms with van der Waals surface area (Å²) >= 11 is 1.57. The molecule has 4 rings (SSSR count). The molecule has 4 heteroatoms. The summed E-state index contributed by atoms with van der Waals surface area (Å²) in [5, 5.41) is 2.30. The van der Waals surface area contributed by atoms with Crippen molar-refractivity contribution in [3.05, 3.63) is 47.8 Å². The molecule has 1 aromatic heterocycles. The fourth-order valence-electron chi connectivity index (χ4n) is 3.62. The van der Waals surface area contributed by atoms with E-state index in [1.807, 2.05) is 22.9 Å². The van der Waals surface area contributed by atoms with Crippen molar-refractivity contribution in [1.29, 1.82) is 0 Å². The summed E-state index contributed by atoms with van der Waals surface area (Å²) in [7, 11) is 0. The second-order valence-corrected chi connectivity index (χ2v) is 7.47. The molecule has 0 amide bonds. The lowest BCUT2D eigenvalue weighted by Crippen LogP contribution is -2.20. The van der Waals surface area contributed by atoms with E-state index in [1.54, 1.807) is 11.8 Å². The van der Waals surface area contributed by atoms with E-state index in [-0.39, 0.29) is 5.91 Å². The van der Waals surface area contributed by atoms with Gasteiger partial charge < -0.3 is 0 Å². The van der Waals surface area contributed by atoms with Crippen LogP contribution in [0.1, 0.15) is 35.8 Å². The van der Waals surface area contributed by atoms with Gasteiger partial charge >= 0.3 is 0 Å². The molecule has 1 atom stereocenters. The van der Waals surface area contributed by atoms with Crippen molar-refractivity contribution in [3.63, 3.8) is 0 Å². The number of aromatic nitrogens is 1. The number of benzene rings is 1. The van der Waals surface area contributed by atoms with Crippen molar-refractivity contribution in [2.24, 2.45) is 10.9 Å². The van der Waals surface area contributed by atoms with Crippen molar-refractivity contribution in [2.45, 2.75) is 32.6 Å². The number of para-hydroxylation sites is 1. The summed E-state index contributed by atoms with van der Waals surface area (Å²) in [4.78, 5) is 17.2. The van der Waals surface area contributed by atoms with Crippen molar-refractivity contribution < 1.29 is 4.79 Å². The van der Waals surface area contributed by atoms with Crippen LogP contribution in [0.25, 0.3) is 10.9 Å². The van der Waals surface area contributed by atoms with Crippen molar-refractivity contribution >= 4 is 33.6 Å². The highest BCUT2D eigenvalue weighted by molar-refractivity contribution is 8.14. The molecule has 0 bridgehead atoms. The number of nitrogens with zero attached hydrogens (tertiary/aromatic N) is 2. The third-order valence-electron chi connectivity index (χ3n) is 4.74. The van der Waals surface area contributed by atoms with E-state index < -0.39 is 0 Å². The molecule has 1 aliphatic heterocycles. The van der Waals surface area contributed by atoms with E-state index in [2.05, 4.69) is 30.1 Å². The molecule has 0 N–H and O–H groups in total. The molecule has 1 aromatic carbocycles. The van der Waals surface area contributed by atoms with E-state index >= 15 is 0 Å². The number of rotatable bonds is 2. The zero-order valence-corrected chi connectivity index (χ0v) is 14.1. The first-order valence-corrected chi connectivity index (χ1v) is 9.21. The molecule has 0 fully saturated rings. The highest BCUT2D eigenvalue weighted by atomic mass is 32.2. The van der Waals surface area contributed by atoms with Crippen molar-refractivity contribution in [2.75, 3.05) is 5.75 Å². The maximum Gasteiger partial charge on any atom is 0.241 e. The average Bonchev–Trinajstić information content (AvgIpc) is 3.18. The first kappa shape index (κ1) is 14.8. The van der Waals surface area contributed by atoms with Crippen LogP contribution in [0.3, 0.4) is 0 Å². The van der Waals surface area contributed by atoms with E-state index in [0.29, 0.717) is 11.7 Å². The molecule has 0 radical (unpaired) electrons. The number of hydrogen-bond donors (Lipinski definition) is 0. The van der Waals surface area contributed by atoms with Gasteiger partial charge in [0.15, 0.2) is 0 Å². The predicted octanol–water partition coefficient (Wildman–Crippen LogP) is 4.46. The lowest BCUT2D eigenvalue weighted by Gasteiger charge is -2.20. The van der Waals surface area contributed by atoms with Gasteiger partial charge in [-0.3, -0.25) is 14.4 Å². The third kappa shape index (κ3) is 2.65. The van der Waals surface area contributed by atoms with Crippen LogP contribution < -0.4 is 0 Å². The molecule has 23 heavy (non-hydrogen) atoms. The molecule has 2 aromatic rings. The lowest BCUT2D eigenvalue weighted by molar-refractivity contribution is 0.0943. The first-order valence-electron chi connectivity index (χ1n) is 8.23. The number of thioether (sulfide) groups is 1. The van der Waals surface area contributed by atoms with E-state index in [1.165, 1.54) is 23.1 Å². The third-order valence-corrected chi connectivity index (χ3v) is 5.74. The van der Waals surface area contributed by atoms with Gasteiger partial charge in [0.2, 0.25) is 5.91 Å². The van der Waals surface area contributed by atoms with Gasteiger partial charge in [0.05, 0.1) is 16.3 Å². The summed E-state index contributed by atoms with van der Waals surface area (Å²) < 4.78 is 1.98. The number of hydrogen-bond acceptors (Lipinski definition) is 3. The minimum Gasteiger partial charge on any atom is -0.283 e. The van der Waals surface area contributed by atoms with Gasteiger partial charge in [-0.25, -0.2) is 0 Å². The van der Waals surface area contributed by atoms with Gasteiger partial charge in [-0.15, -0.1) is 11.8 Å². The van der Waals surface area contributed by atoms with E-state index in [4.69, 9.17) is 0 Å². The minimum absolute atomic E-state index is 0.177. The Balaban J connectivity index is 1.70. The largest absolute Gasteiger partial charge is 0.283 e. The second kappa shape index (κ2) is 6.00. The molecule has 0 spiro atoms. The summed E-state index contributed by atoms with van der Waals surface area (Å²) in [6.45, 7) is 2.30. The zero-order valence-electron chi connectivity index (χ0n) is 13.3. The molecular formula is C19H20N2OS. The first-order chi connectivity index (χ1) is 11.2. The Labute approximate surface area is 140 Å². The topological polar surface area (TPSA) is 34.4 Å². The molecule has 0 saturated heterocycles. The normalized spacial score (nSPS) is 19.9. The Hall–Kier alpha value is -1.81. The van der Waals surface area contributed by atoms with Crippen molar-refractivity contribution in [3.8, 4) is 0 Å². The highest BCUT2D eigenvalue weighted by Crippen LogP contribution is 2.34. The molecular weight excluding hydrogens is 304 g/mol. The predicted molar refractivity (Wildman–Crippen MR) is 97.4 cm³/mol. The number of carbonyl (C=O) groups is 1. The summed E-state index contributed by atoms with van der Waals surface area (Å²) in [6.07, 6.45) is 7.96. The van der Waals surface area contributed by atoms with Gasteiger partial charge in [-0.05, 0) is 36.8 Å². The van der Waals surface area contributed by atoms with Crippen LogP contribution in [-0.4, -0.2) is 21.3 Å². The second-order valence-electron chi connectivity index (χ2n) is 6.42. The molecule has 2 heterocycles. The number of aliphatic imine (C=N–C) groups is 1. The number of carbonyl (C=O) groups excluding carboxylic acids is 1. The van der Waals surface area contributed by atoms with Gasteiger partial charge in [0, 0.05) is 23.7 Å². The molecule has 118 valence electrons. The van der Waals surface area contributed by atoms with Crippen LogP contribution in [0.5, 0.6) is 0 Å². The quantitative estimate of drug-likeness (QED) is 0.817. The van der Waals surface area contributed by atoms with Gasteiger partial charge in [0.1, 0.15) is 0 Å². The SMILES string of the molecule is CC1CCc2c(c3ccccc3n2C(=O)CSC2=NC=CC2)C1. The van der Waals surface area contributed by atoms with Gasteiger partial charge in [-0.1, -0.05) is 31.2 Å². The molecule has 0 saturated carbocycles. The minimum atomic E-state index is 0.177. The molecule has 3 nitrogen and oxygen atoms in total. The molecule has 2 aliphatic rings. The van der Waals surface area contributed by atoms with Crippen LogP contribution in [0.4, 0.5) is 0 Å². The lowest BCUT2D eigenvalue weighted by atomic mass is 9.88. The summed E-state index contributed by atoms with van der Waals surface area (Å²) in [5.74, 6) is 1.34. The van der Waals surface area contributed by atoms with Gasteiger partial charge in [0.25, 0.3) is 0 Å². The highest BCUT2D eigenvalue weighted by Gasteiger charge is 2.25. The Morgan fingerprint density at radius 1 is 1.39 bits per heavy atom. The van der Waals surface area contributed by atoms with Crippen LogP contribution in [-0.2, 0) is 12.8 Å². The number of allylic oxidation sites excluding steroid dienone is 1. The van der Waals surface area contributed by atoms with Gasteiger partial charge in [-0.2, -0.15) is 0 Å². The monoisotopic (exact) mass is 324 g/mol. The zero-order chi connectivity index (χ0) is 15.8. The maximum atomic E-state index is 12.9. The van der Waals surface area contributed by atoms with E-state index in [9.17, 15) is 4.79 Å². The average molecular weight is 324 g/mol. The van der Waals surface area contributed by atoms with Crippen LogP contribution in [0, 0.1) is 5.92 Å².